The Bertz CT molecular complexity index is 278. The smallest absolute Gasteiger partial charge is 0.0518 e. The van der Waals surface area contributed by atoms with Gasteiger partial charge in [-0.05, 0) is 31.9 Å². The lowest BCUT2D eigenvalue weighted by Gasteiger charge is -2.07. The number of hydrogen-bond acceptors (Lipinski definition) is 2. The highest BCUT2D eigenvalue weighted by atomic mass is 15.3. The number of unbranched alkanes of at least 4 members (excludes halogenated alkanes) is 3. The highest BCUT2D eigenvalue weighted by molar-refractivity contribution is 4.99. The molecule has 0 aliphatic heterocycles. The molecule has 1 N–H and O–H groups in total. The molecule has 1 heterocycles. The molecule has 0 aromatic carbocycles. The van der Waals surface area contributed by atoms with Crippen molar-refractivity contribution in [3.63, 3.8) is 0 Å². The Morgan fingerprint density at radius 1 is 1.25 bits per heavy atom. The first-order valence-corrected chi connectivity index (χ1v) is 6.41. The van der Waals surface area contributed by atoms with Gasteiger partial charge in [-0.3, -0.25) is 4.68 Å². The molecule has 3 heteroatoms. The number of rotatable bonds is 8. The fraction of sp³-hybridized carbons (Fsp3) is 0.769. The lowest BCUT2D eigenvalue weighted by molar-refractivity contribution is 0.510. The maximum Gasteiger partial charge on any atom is 0.0518 e. The minimum atomic E-state index is 0.618. The topological polar surface area (TPSA) is 29.9 Å². The summed E-state index contributed by atoms with van der Waals surface area (Å²) >= 11 is 0. The molecular formula is C13H25N3. The molecule has 1 aromatic rings. The Morgan fingerprint density at radius 3 is 2.62 bits per heavy atom. The zero-order valence-electron chi connectivity index (χ0n) is 10.9. The minimum Gasteiger partial charge on any atom is -0.315 e. The van der Waals surface area contributed by atoms with E-state index in [9.17, 15) is 0 Å². The first kappa shape index (κ1) is 13.2. The molecule has 0 bridgehead atoms. The van der Waals surface area contributed by atoms with Crippen molar-refractivity contribution in [2.24, 2.45) is 0 Å². The molecule has 0 aliphatic rings. The van der Waals surface area contributed by atoms with Crippen LogP contribution in [0.15, 0.2) is 12.4 Å². The molecule has 0 saturated carbocycles. The van der Waals surface area contributed by atoms with E-state index in [1.807, 2.05) is 10.9 Å². The zero-order chi connectivity index (χ0) is 11.8. The first-order chi connectivity index (χ1) is 7.68. The van der Waals surface area contributed by atoms with Crippen molar-refractivity contribution in [2.75, 3.05) is 6.54 Å². The zero-order valence-corrected chi connectivity index (χ0v) is 10.9. The monoisotopic (exact) mass is 223 g/mol. The van der Waals surface area contributed by atoms with Crippen LogP contribution in [0.25, 0.3) is 0 Å². The minimum absolute atomic E-state index is 0.618. The molecule has 16 heavy (non-hydrogen) atoms. The summed E-state index contributed by atoms with van der Waals surface area (Å²) in [5.74, 6) is 0. The number of hydrogen-bond donors (Lipinski definition) is 1. The van der Waals surface area contributed by atoms with Gasteiger partial charge in [0.15, 0.2) is 0 Å². The average molecular weight is 223 g/mol. The van der Waals surface area contributed by atoms with Gasteiger partial charge in [0.1, 0.15) is 0 Å². The Kier molecular flexibility index (Phi) is 6.16. The van der Waals surface area contributed by atoms with Gasteiger partial charge in [0.2, 0.25) is 0 Å². The summed E-state index contributed by atoms with van der Waals surface area (Å²) in [5.41, 5.74) is 1.25. The van der Waals surface area contributed by atoms with Crippen molar-refractivity contribution in [1.82, 2.24) is 15.1 Å². The summed E-state index contributed by atoms with van der Waals surface area (Å²) in [6.07, 6.45) is 9.19. The van der Waals surface area contributed by atoms with E-state index >= 15 is 0 Å². The van der Waals surface area contributed by atoms with Gasteiger partial charge in [-0.2, -0.15) is 5.10 Å². The highest BCUT2D eigenvalue weighted by Crippen LogP contribution is 2.02. The Labute approximate surface area is 99.2 Å². The molecule has 0 radical (unpaired) electrons. The van der Waals surface area contributed by atoms with Gasteiger partial charge < -0.3 is 5.32 Å². The van der Waals surface area contributed by atoms with Crippen LogP contribution in [0.4, 0.5) is 0 Å². The van der Waals surface area contributed by atoms with E-state index in [0.29, 0.717) is 6.04 Å². The number of aryl methyl sites for hydroxylation is 2. The van der Waals surface area contributed by atoms with Gasteiger partial charge >= 0.3 is 0 Å². The Morgan fingerprint density at radius 2 is 2.00 bits per heavy atom. The molecule has 0 amide bonds. The van der Waals surface area contributed by atoms with Gasteiger partial charge in [-0.15, -0.1) is 0 Å². The second-order valence-electron chi connectivity index (χ2n) is 4.80. The van der Waals surface area contributed by atoms with Crippen molar-refractivity contribution in [1.29, 1.82) is 0 Å². The van der Waals surface area contributed by atoms with Crippen molar-refractivity contribution in [3.05, 3.63) is 18.0 Å². The SMILES string of the molecule is Cc1cnn(CCCCCCNC(C)C)c1. The second-order valence-corrected chi connectivity index (χ2v) is 4.80. The van der Waals surface area contributed by atoms with E-state index in [2.05, 4.69) is 37.4 Å². The fourth-order valence-electron chi connectivity index (χ4n) is 1.73. The molecule has 3 nitrogen and oxygen atoms in total. The third-order valence-electron chi connectivity index (χ3n) is 2.63. The van der Waals surface area contributed by atoms with E-state index < -0.39 is 0 Å². The van der Waals surface area contributed by atoms with Gasteiger partial charge in [0.25, 0.3) is 0 Å². The number of aromatic nitrogens is 2. The predicted octanol–water partition coefficient (Wildman–Crippen LogP) is 2.75. The first-order valence-electron chi connectivity index (χ1n) is 6.41. The third-order valence-corrected chi connectivity index (χ3v) is 2.63. The maximum atomic E-state index is 4.28. The van der Waals surface area contributed by atoms with Crippen molar-refractivity contribution < 1.29 is 0 Å². The van der Waals surface area contributed by atoms with Crippen LogP contribution < -0.4 is 5.32 Å². The van der Waals surface area contributed by atoms with Crippen molar-refractivity contribution in [3.8, 4) is 0 Å². The summed E-state index contributed by atoms with van der Waals surface area (Å²) in [4.78, 5) is 0. The Balaban J connectivity index is 1.92. The Hall–Kier alpha value is -0.830. The highest BCUT2D eigenvalue weighted by Gasteiger charge is 1.95. The standard InChI is InChI=1S/C13H25N3/c1-12(2)14-8-6-4-5-7-9-16-11-13(3)10-15-16/h10-12,14H,4-9H2,1-3H3. The predicted molar refractivity (Wildman–Crippen MR) is 68.6 cm³/mol. The van der Waals surface area contributed by atoms with Crippen LogP contribution in [0.2, 0.25) is 0 Å². The summed E-state index contributed by atoms with van der Waals surface area (Å²) in [5, 5.41) is 7.72. The molecule has 1 rings (SSSR count). The number of nitrogens with one attached hydrogen (secondary N) is 1. The van der Waals surface area contributed by atoms with E-state index in [0.717, 1.165) is 13.1 Å². The van der Waals surface area contributed by atoms with Crippen LogP contribution >= 0.6 is 0 Å². The molecule has 0 atom stereocenters. The van der Waals surface area contributed by atoms with Crippen LogP contribution in [-0.2, 0) is 6.54 Å². The quantitative estimate of drug-likeness (QED) is 0.687. The summed E-state index contributed by atoms with van der Waals surface area (Å²) in [6.45, 7) is 8.69. The van der Waals surface area contributed by atoms with Gasteiger partial charge in [-0.25, -0.2) is 0 Å². The molecule has 0 unspecified atom stereocenters. The molecule has 0 fully saturated rings. The fourth-order valence-corrected chi connectivity index (χ4v) is 1.73. The molecule has 0 aliphatic carbocycles. The van der Waals surface area contributed by atoms with E-state index in [-0.39, 0.29) is 0 Å². The van der Waals surface area contributed by atoms with Gasteiger partial charge in [-0.1, -0.05) is 26.7 Å². The van der Waals surface area contributed by atoms with Crippen LogP contribution in [-0.4, -0.2) is 22.4 Å². The second kappa shape index (κ2) is 7.44. The van der Waals surface area contributed by atoms with Gasteiger partial charge in [0, 0.05) is 18.8 Å². The lowest BCUT2D eigenvalue weighted by Crippen LogP contribution is -2.23. The van der Waals surface area contributed by atoms with Crippen LogP contribution in [0.3, 0.4) is 0 Å². The van der Waals surface area contributed by atoms with E-state index in [1.54, 1.807) is 0 Å². The third kappa shape index (κ3) is 5.91. The van der Waals surface area contributed by atoms with Crippen LogP contribution in [0.1, 0.15) is 45.1 Å². The molecule has 92 valence electrons. The molecule has 0 saturated heterocycles. The van der Waals surface area contributed by atoms with Gasteiger partial charge in [0.05, 0.1) is 6.20 Å². The molecular weight excluding hydrogens is 198 g/mol. The number of nitrogens with zero attached hydrogens (tertiary/aromatic N) is 2. The average Bonchev–Trinajstić information content (AvgIpc) is 2.62. The van der Waals surface area contributed by atoms with E-state index in [1.165, 1.54) is 31.2 Å². The van der Waals surface area contributed by atoms with Crippen LogP contribution in [0, 0.1) is 6.92 Å². The summed E-state index contributed by atoms with van der Waals surface area (Å²) < 4.78 is 2.04. The van der Waals surface area contributed by atoms with Crippen LogP contribution in [0.5, 0.6) is 0 Å². The van der Waals surface area contributed by atoms with Crippen molar-refractivity contribution in [2.45, 2.75) is 59.0 Å². The maximum absolute atomic E-state index is 4.28. The summed E-state index contributed by atoms with van der Waals surface area (Å²) in [7, 11) is 0. The lowest BCUT2D eigenvalue weighted by atomic mass is 10.2. The molecule has 1 aromatic heterocycles. The molecule has 0 spiro atoms. The summed E-state index contributed by atoms with van der Waals surface area (Å²) in [6, 6.07) is 0.618. The van der Waals surface area contributed by atoms with Crippen molar-refractivity contribution >= 4 is 0 Å². The van der Waals surface area contributed by atoms with E-state index in [4.69, 9.17) is 0 Å². The largest absolute Gasteiger partial charge is 0.315 e. The normalized spacial score (nSPS) is 11.2.